The van der Waals surface area contributed by atoms with E-state index in [-0.39, 0.29) is 10.8 Å². The third-order valence-electron chi connectivity index (χ3n) is 6.71. The molecule has 2 aromatic carbocycles. The van der Waals surface area contributed by atoms with Gasteiger partial charge in [-0.25, -0.2) is 0 Å². The lowest BCUT2D eigenvalue weighted by Gasteiger charge is -2.47. The zero-order valence-corrected chi connectivity index (χ0v) is 23.3. The number of hydrogen-bond acceptors (Lipinski definition) is 2. The van der Waals surface area contributed by atoms with E-state index in [2.05, 4.69) is 106 Å². The van der Waals surface area contributed by atoms with Gasteiger partial charge in [0.2, 0.25) is 0 Å². The second-order valence-corrected chi connectivity index (χ2v) is 12.1. The molecule has 184 valence electrons. The van der Waals surface area contributed by atoms with Gasteiger partial charge in [-0.15, -0.1) is 0 Å². The van der Waals surface area contributed by atoms with E-state index in [0.29, 0.717) is 16.3 Å². The van der Waals surface area contributed by atoms with Crippen molar-refractivity contribution in [1.82, 2.24) is 10.6 Å². The minimum Gasteiger partial charge on any atom is -0.362 e. The van der Waals surface area contributed by atoms with Crippen LogP contribution in [0.1, 0.15) is 62.3 Å². The van der Waals surface area contributed by atoms with Crippen molar-refractivity contribution in [3.8, 4) is 0 Å². The molecule has 0 aliphatic heterocycles. The van der Waals surface area contributed by atoms with Crippen LogP contribution in [0.25, 0.3) is 0 Å². The number of thiocarbonyl (C=S) groups is 2. The Kier molecular flexibility index (Phi) is 8.25. The highest BCUT2D eigenvalue weighted by molar-refractivity contribution is 7.80. The minimum atomic E-state index is 0.100. The van der Waals surface area contributed by atoms with Crippen molar-refractivity contribution in [3.05, 3.63) is 58.7 Å². The zero-order valence-electron chi connectivity index (χ0n) is 21.7. The molecule has 0 bridgehead atoms. The molecule has 6 heteroatoms. The van der Waals surface area contributed by atoms with E-state index in [9.17, 15) is 0 Å². The second-order valence-electron chi connectivity index (χ2n) is 11.3. The van der Waals surface area contributed by atoms with E-state index in [1.54, 1.807) is 0 Å². The Morgan fingerprint density at radius 2 is 1.35 bits per heavy atom. The summed E-state index contributed by atoms with van der Waals surface area (Å²) in [6.45, 7) is 16.3. The molecule has 0 radical (unpaired) electrons. The van der Waals surface area contributed by atoms with Crippen LogP contribution in [-0.4, -0.2) is 22.8 Å². The van der Waals surface area contributed by atoms with Gasteiger partial charge in [0.1, 0.15) is 0 Å². The summed E-state index contributed by atoms with van der Waals surface area (Å²) >= 11 is 11.3. The first-order chi connectivity index (χ1) is 15.8. The molecule has 1 fully saturated rings. The Morgan fingerprint density at radius 1 is 0.824 bits per heavy atom. The minimum absolute atomic E-state index is 0.100. The molecule has 0 spiro atoms. The number of aryl methyl sites for hydroxylation is 4. The maximum Gasteiger partial charge on any atom is 0.171 e. The van der Waals surface area contributed by atoms with Crippen LogP contribution in [0, 0.1) is 38.5 Å². The molecule has 0 amide bonds. The first-order valence-corrected chi connectivity index (χ1v) is 12.9. The van der Waals surface area contributed by atoms with Crippen molar-refractivity contribution >= 4 is 46.0 Å². The van der Waals surface area contributed by atoms with Crippen molar-refractivity contribution in [1.29, 1.82) is 0 Å². The fourth-order valence-electron chi connectivity index (χ4n) is 5.58. The molecule has 0 saturated heterocycles. The Bertz CT molecular complexity index is 1060. The fraction of sp³-hybridized carbons (Fsp3) is 0.500. The van der Waals surface area contributed by atoms with Gasteiger partial charge in [-0.3, -0.25) is 0 Å². The van der Waals surface area contributed by atoms with Crippen molar-refractivity contribution in [3.63, 3.8) is 0 Å². The zero-order chi connectivity index (χ0) is 25.1. The van der Waals surface area contributed by atoms with Gasteiger partial charge in [0.25, 0.3) is 0 Å². The summed E-state index contributed by atoms with van der Waals surface area (Å²) in [7, 11) is 0. The first kappa shape index (κ1) is 26.4. The smallest absolute Gasteiger partial charge is 0.171 e. The maximum absolute atomic E-state index is 5.69. The first-order valence-electron chi connectivity index (χ1n) is 12.1. The highest BCUT2D eigenvalue weighted by atomic mass is 32.1. The van der Waals surface area contributed by atoms with Crippen molar-refractivity contribution in [2.45, 2.75) is 73.8 Å². The summed E-state index contributed by atoms with van der Waals surface area (Å²) in [4.78, 5) is 0. The van der Waals surface area contributed by atoms with Crippen LogP contribution in [0.15, 0.2) is 36.4 Å². The predicted octanol–water partition coefficient (Wildman–Crippen LogP) is 6.78. The second kappa shape index (κ2) is 10.6. The van der Waals surface area contributed by atoms with E-state index in [1.807, 2.05) is 0 Å². The van der Waals surface area contributed by atoms with Gasteiger partial charge in [0.15, 0.2) is 10.2 Å². The molecular formula is C28H40N4S2. The molecular weight excluding hydrogens is 456 g/mol. The molecule has 0 unspecified atom stereocenters. The lowest BCUT2D eigenvalue weighted by Crippen LogP contribution is -2.51. The largest absolute Gasteiger partial charge is 0.362 e. The monoisotopic (exact) mass is 496 g/mol. The molecule has 2 atom stereocenters. The van der Waals surface area contributed by atoms with Gasteiger partial charge in [-0.1, -0.05) is 56.2 Å². The quantitative estimate of drug-likeness (QED) is 0.342. The third-order valence-corrected chi connectivity index (χ3v) is 7.18. The van der Waals surface area contributed by atoms with Crippen molar-refractivity contribution in [2.24, 2.45) is 10.8 Å². The third kappa shape index (κ3) is 7.41. The molecule has 1 saturated carbocycles. The summed E-state index contributed by atoms with van der Waals surface area (Å²) in [6, 6.07) is 13.1. The Balaban J connectivity index is 1.59. The van der Waals surface area contributed by atoms with Gasteiger partial charge in [0.05, 0.1) is 0 Å². The van der Waals surface area contributed by atoms with E-state index in [1.165, 1.54) is 22.3 Å². The van der Waals surface area contributed by atoms with Crippen molar-refractivity contribution in [2.75, 3.05) is 17.2 Å². The summed E-state index contributed by atoms with van der Waals surface area (Å²) < 4.78 is 0. The topological polar surface area (TPSA) is 48.1 Å². The molecule has 34 heavy (non-hydrogen) atoms. The van der Waals surface area contributed by atoms with Crippen LogP contribution in [0.5, 0.6) is 0 Å². The highest BCUT2D eigenvalue weighted by Gasteiger charge is 2.41. The molecule has 3 rings (SSSR count). The van der Waals surface area contributed by atoms with Crippen LogP contribution < -0.4 is 21.3 Å². The molecule has 0 heterocycles. The van der Waals surface area contributed by atoms with Crippen LogP contribution >= 0.6 is 24.4 Å². The molecule has 4 N–H and O–H groups in total. The predicted molar refractivity (Wildman–Crippen MR) is 155 cm³/mol. The van der Waals surface area contributed by atoms with Crippen LogP contribution in [0.3, 0.4) is 0 Å². The summed E-state index contributed by atoms with van der Waals surface area (Å²) in [6.07, 6.45) is 3.25. The fourth-order valence-corrected chi connectivity index (χ4v) is 6.04. The van der Waals surface area contributed by atoms with Gasteiger partial charge in [-0.05, 0) is 105 Å². The van der Waals surface area contributed by atoms with Gasteiger partial charge in [-0.2, -0.15) is 0 Å². The normalized spacial score (nSPS) is 21.4. The summed E-state index contributed by atoms with van der Waals surface area (Å²) in [5.41, 5.74) is 7.33. The number of anilines is 2. The van der Waals surface area contributed by atoms with Gasteiger partial charge >= 0.3 is 0 Å². The summed E-state index contributed by atoms with van der Waals surface area (Å²) in [5, 5.41) is 15.2. The lowest BCUT2D eigenvalue weighted by atomic mass is 9.62. The number of benzene rings is 2. The molecule has 2 aromatic rings. The van der Waals surface area contributed by atoms with E-state index in [0.717, 1.165) is 37.2 Å². The standard InChI is InChI=1S/C28H40N4S2/c1-18-8-10-23(20(3)12-18)31-25(33)29-17-28(7)15-22(14-27(5,6)16-28)30-26(34)32-24-11-9-19(2)13-21(24)4/h8-13,22H,14-17H2,1-7H3,(H2,29,31,33)(H2,30,32,34)/t22-,28-/m1/s1. The van der Waals surface area contributed by atoms with E-state index >= 15 is 0 Å². The highest BCUT2D eigenvalue weighted by Crippen LogP contribution is 2.45. The Morgan fingerprint density at radius 3 is 1.88 bits per heavy atom. The number of rotatable bonds is 5. The molecule has 0 aromatic heterocycles. The SMILES string of the molecule is Cc1ccc(NC(=S)NC[C@]2(C)C[C@H](NC(=S)Nc3ccc(C)cc3C)CC(C)(C)C2)c(C)c1. The van der Waals surface area contributed by atoms with Crippen LogP contribution in [0.2, 0.25) is 0 Å². The molecule has 1 aliphatic carbocycles. The van der Waals surface area contributed by atoms with Gasteiger partial charge in [0, 0.05) is 24.0 Å². The molecule has 4 nitrogen and oxygen atoms in total. The Labute approximate surface area is 216 Å². The molecule has 1 aliphatic rings. The van der Waals surface area contributed by atoms with Crippen LogP contribution in [0.4, 0.5) is 11.4 Å². The van der Waals surface area contributed by atoms with Crippen LogP contribution in [-0.2, 0) is 0 Å². The summed E-state index contributed by atoms with van der Waals surface area (Å²) in [5.74, 6) is 0. The van der Waals surface area contributed by atoms with Gasteiger partial charge < -0.3 is 21.3 Å². The average molecular weight is 497 g/mol. The van der Waals surface area contributed by atoms with Crippen molar-refractivity contribution < 1.29 is 0 Å². The Hall–Kier alpha value is -2.18. The average Bonchev–Trinajstić information content (AvgIpc) is 2.69. The number of nitrogens with one attached hydrogen (secondary N) is 4. The lowest BCUT2D eigenvalue weighted by molar-refractivity contribution is 0.0807. The van der Waals surface area contributed by atoms with E-state index in [4.69, 9.17) is 24.4 Å². The van der Waals surface area contributed by atoms with E-state index < -0.39 is 0 Å². The number of hydrogen-bond donors (Lipinski definition) is 4. The maximum atomic E-state index is 5.69.